The van der Waals surface area contributed by atoms with E-state index in [1.807, 2.05) is 29.2 Å². The molecule has 36 heavy (non-hydrogen) atoms. The molecule has 0 fully saturated rings. The lowest BCUT2D eigenvalue weighted by atomic mass is 10.00. The number of rotatable bonds is 6. The first kappa shape index (κ1) is 24.3. The Morgan fingerprint density at radius 2 is 1.81 bits per heavy atom. The molecule has 0 saturated heterocycles. The van der Waals surface area contributed by atoms with Crippen LogP contribution in [0.15, 0.2) is 59.5 Å². The number of nitrogens with zero attached hydrogens (tertiary/aromatic N) is 3. The van der Waals surface area contributed by atoms with E-state index in [-0.39, 0.29) is 22.9 Å². The average molecular weight is 525 g/mol. The third-order valence-electron chi connectivity index (χ3n) is 6.34. The van der Waals surface area contributed by atoms with Gasteiger partial charge in [-0.25, -0.2) is 13.4 Å². The Bertz CT molecular complexity index is 1440. The quantitative estimate of drug-likeness (QED) is 0.484. The fraction of sp³-hybridized carbons (Fsp3) is 0.269. The number of aryl methyl sites for hydroxylation is 1. The zero-order valence-corrected chi connectivity index (χ0v) is 21.0. The number of anilines is 3. The van der Waals surface area contributed by atoms with E-state index in [0.29, 0.717) is 53.8 Å². The Kier molecular flexibility index (Phi) is 6.68. The van der Waals surface area contributed by atoms with Gasteiger partial charge in [0.1, 0.15) is 4.90 Å². The van der Waals surface area contributed by atoms with Crippen LogP contribution in [0.25, 0.3) is 5.57 Å². The standard InChI is InChI=1S/C26H25ClN4O4S/c27-20-7-5-18(6-8-20)19-11-13-31(14-12-19)26-29-22-2-1-15-36(34,35)24(22)25(30-26)28-21-9-3-17(4-10-21)16-23(32)33/h3-11H,1-2,12-16H2,(H,32,33)(H,28,29,30). The Hall–Kier alpha value is -3.43. The summed E-state index contributed by atoms with van der Waals surface area (Å²) in [5.41, 5.74) is 4.17. The molecule has 0 spiro atoms. The topological polar surface area (TPSA) is 112 Å². The number of carboxylic acid groups (broad SMARTS) is 1. The summed E-state index contributed by atoms with van der Waals surface area (Å²) in [6, 6.07) is 14.6. The van der Waals surface area contributed by atoms with E-state index < -0.39 is 15.8 Å². The Morgan fingerprint density at radius 3 is 2.47 bits per heavy atom. The number of carboxylic acids is 1. The molecular weight excluding hydrogens is 500 g/mol. The second-order valence-corrected chi connectivity index (χ2v) is 11.4. The highest BCUT2D eigenvalue weighted by atomic mass is 35.5. The molecule has 2 aliphatic heterocycles. The van der Waals surface area contributed by atoms with Crippen LogP contribution in [0.5, 0.6) is 0 Å². The highest BCUT2D eigenvalue weighted by molar-refractivity contribution is 7.91. The maximum atomic E-state index is 13.0. The second kappa shape index (κ2) is 9.91. The predicted molar refractivity (Wildman–Crippen MR) is 140 cm³/mol. The van der Waals surface area contributed by atoms with Gasteiger partial charge in [0.15, 0.2) is 15.7 Å². The monoisotopic (exact) mass is 524 g/mol. The zero-order valence-electron chi connectivity index (χ0n) is 19.4. The molecule has 8 nitrogen and oxygen atoms in total. The number of aliphatic carboxylic acids is 1. The molecule has 5 rings (SSSR count). The highest BCUT2D eigenvalue weighted by Gasteiger charge is 2.31. The number of benzene rings is 2. The lowest BCUT2D eigenvalue weighted by Crippen LogP contribution is -2.31. The van der Waals surface area contributed by atoms with Crippen molar-refractivity contribution in [1.82, 2.24) is 9.97 Å². The third-order valence-corrected chi connectivity index (χ3v) is 8.47. The van der Waals surface area contributed by atoms with Gasteiger partial charge in [-0.15, -0.1) is 0 Å². The van der Waals surface area contributed by atoms with Crippen molar-refractivity contribution in [2.75, 3.05) is 29.1 Å². The maximum absolute atomic E-state index is 13.0. The second-order valence-electron chi connectivity index (χ2n) is 8.90. The van der Waals surface area contributed by atoms with E-state index in [1.54, 1.807) is 24.3 Å². The number of halogens is 1. The van der Waals surface area contributed by atoms with Crippen molar-refractivity contribution in [3.05, 3.63) is 76.5 Å². The number of nitrogens with one attached hydrogen (secondary N) is 1. The van der Waals surface area contributed by atoms with Gasteiger partial charge in [-0.1, -0.05) is 41.9 Å². The molecule has 0 saturated carbocycles. The Balaban J connectivity index is 1.45. The minimum atomic E-state index is -3.52. The molecule has 0 radical (unpaired) electrons. The Labute approximate surface area is 214 Å². The molecule has 2 N–H and O–H groups in total. The molecule has 0 amide bonds. The van der Waals surface area contributed by atoms with Gasteiger partial charge in [-0.3, -0.25) is 4.79 Å². The molecule has 10 heteroatoms. The van der Waals surface area contributed by atoms with Gasteiger partial charge in [-0.05, 0) is 60.2 Å². The molecule has 186 valence electrons. The number of carbonyl (C=O) groups is 1. The smallest absolute Gasteiger partial charge is 0.307 e. The van der Waals surface area contributed by atoms with Crippen LogP contribution in [0.3, 0.4) is 0 Å². The van der Waals surface area contributed by atoms with Crippen molar-refractivity contribution in [3.8, 4) is 0 Å². The third kappa shape index (κ3) is 5.22. The maximum Gasteiger partial charge on any atom is 0.307 e. The molecule has 0 aliphatic carbocycles. The minimum Gasteiger partial charge on any atom is -0.481 e. The average Bonchev–Trinajstić information content (AvgIpc) is 2.85. The molecule has 3 heterocycles. The van der Waals surface area contributed by atoms with Crippen LogP contribution in [0.2, 0.25) is 5.02 Å². The van der Waals surface area contributed by atoms with E-state index in [2.05, 4.69) is 21.4 Å². The van der Waals surface area contributed by atoms with Crippen molar-refractivity contribution in [1.29, 1.82) is 0 Å². The fourth-order valence-corrected chi connectivity index (χ4v) is 6.28. The number of hydrogen-bond acceptors (Lipinski definition) is 7. The summed E-state index contributed by atoms with van der Waals surface area (Å²) in [7, 11) is -3.52. The summed E-state index contributed by atoms with van der Waals surface area (Å²) in [5, 5.41) is 12.8. The van der Waals surface area contributed by atoms with Gasteiger partial charge in [0, 0.05) is 23.8 Å². The van der Waals surface area contributed by atoms with Gasteiger partial charge < -0.3 is 15.3 Å². The summed E-state index contributed by atoms with van der Waals surface area (Å²) >= 11 is 6.02. The number of aromatic nitrogens is 2. The van der Waals surface area contributed by atoms with Crippen LogP contribution in [-0.4, -0.2) is 48.3 Å². The molecular formula is C26H25ClN4O4S. The summed E-state index contributed by atoms with van der Waals surface area (Å²) in [5.74, 6) is -0.104. The fourth-order valence-electron chi connectivity index (χ4n) is 4.53. The van der Waals surface area contributed by atoms with Crippen LogP contribution in [-0.2, 0) is 27.5 Å². The van der Waals surface area contributed by atoms with E-state index >= 15 is 0 Å². The van der Waals surface area contributed by atoms with Gasteiger partial charge in [-0.2, -0.15) is 4.98 Å². The highest BCUT2D eigenvalue weighted by Crippen LogP contribution is 2.34. The Morgan fingerprint density at radius 1 is 1.06 bits per heavy atom. The summed E-state index contributed by atoms with van der Waals surface area (Å²) in [6.45, 7) is 1.30. The molecule has 0 bridgehead atoms. The first-order chi connectivity index (χ1) is 17.3. The van der Waals surface area contributed by atoms with Crippen molar-refractivity contribution in [3.63, 3.8) is 0 Å². The van der Waals surface area contributed by atoms with Crippen molar-refractivity contribution >= 4 is 50.4 Å². The first-order valence-electron chi connectivity index (χ1n) is 11.7. The predicted octanol–water partition coefficient (Wildman–Crippen LogP) is 4.51. The lowest BCUT2D eigenvalue weighted by Gasteiger charge is -2.29. The molecule has 2 aromatic carbocycles. The van der Waals surface area contributed by atoms with E-state index in [9.17, 15) is 13.2 Å². The SMILES string of the molecule is O=C(O)Cc1ccc(Nc2nc(N3CC=C(c4ccc(Cl)cc4)CC3)nc3c2S(=O)(=O)CCC3)cc1. The van der Waals surface area contributed by atoms with Gasteiger partial charge in [0.2, 0.25) is 5.95 Å². The molecule has 0 atom stereocenters. The van der Waals surface area contributed by atoms with E-state index in [4.69, 9.17) is 16.7 Å². The summed E-state index contributed by atoms with van der Waals surface area (Å²) < 4.78 is 25.9. The number of sulfone groups is 1. The van der Waals surface area contributed by atoms with Gasteiger partial charge >= 0.3 is 5.97 Å². The van der Waals surface area contributed by atoms with E-state index in [1.165, 1.54) is 5.57 Å². The van der Waals surface area contributed by atoms with Gasteiger partial charge in [0.25, 0.3) is 0 Å². The van der Waals surface area contributed by atoms with Crippen molar-refractivity contribution < 1.29 is 18.3 Å². The largest absolute Gasteiger partial charge is 0.481 e. The van der Waals surface area contributed by atoms with Crippen molar-refractivity contribution in [2.45, 2.75) is 30.6 Å². The van der Waals surface area contributed by atoms with E-state index in [0.717, 1.165) is 12.0 Å². The normalized spacial score (nSPS) is 16.7. The number of hydrogen-bond donors (Lipinski definition) is 2. The number of fused-ring (bicyclic) bond motifs is 1. The molecule has 1 aromatic heterocycles. The summed E-state index contributed by atoms with van der Waals surface area (Å²) in [6.07, 6.45) is 3.95. The van der Waals surface area contributed by atoms with Crippen LogP contribution in [0.4, 0.5) is 17.5 Å². The first-order valence-corrected chi connectivity index (χ1v) is 13.7. The van der Waals surface area contributed by atoms with Crippen LogP contribution in [0.1, 0.15) is 29.7 Å². The van der Waals surface area contributed by atoms with Crippen LogP contribution < -0.4 is 10.2 Å². The molecule has 0 unspecified atom stereocenters. The lowest BCUT2D eigenvalue weighted by molar-refractivity contribution is -0.136. The van der Waals surface area contributed by atoms with Crippen LogP contribution in [0, 0.1) is 0 Å². The summed E-state index contributed by atoms with van der Waals surface area (Å²) in [4.78, 5) is 22.5. The van der Waals surface area contributed by atoms with Gasteiger partial charge in [0.05, 0.1) is 17.9 Å². The molecule has 3 aromatic rings. The minimum absolute atomic E-state index is 0.0613. The van der Waals surface area contributed by atoms with Crippen LogP contribution >= 0.6 is 11.6 Å². The molecule has 2 aliphatic rings. The van der Waals surface area contributed by atoms with Crippen molar-refractivity contribution in [2.24, 2.45) is 0 Å². The zero-order chi connectivity index (χ0) is 25.3.